The fourth-order valence-corrected chi connectivity index (χ4v) is 5.06. The van der Waals surface area contributed by atoms with Crippen molar-refractivity contribution >= 4 is 30.8 Å². The highest BCUT2D eigenvalue weighted by Crippen LogP contribution is 2.11. The van der Waals surface area contributed by atoms with Gasteiger partial charge in [0.15, 0.2) is 0 Å². The van der Waals surface area contributed by atoms with Crippen molar-refractivity contribution in [2.24, 2.45) is 0 Å². The molecule has 4 nitrogen and oxygen atoms in total. The van der Waals surface area contributed by atoms with Crippen LogP contribution in [0.2, 0.25) is 58.9 Å². The van der Waals surface area contributed by atoms with Gasteiger partial charge in [0.2, 0.25) is 8.32 Å². The van der Waals surface area contributed by atoms with Crippen molar-refractivity contribution in [1.82, 2.24) is 9.96 Å². The molecule has 0 fully saturated rings. The highest BCUT2D eigenvalue weighted by molar-refractivity contribution is 6.74. The molecule has 132 valence electrons. The van der Waals surface area contributed by atoms with Crippen LogP contribution in [0, 0.1) is 0 Å². The van der Waals surface area contributed by atoms with Gasteiger partial charge < -0.3 is 14.4 Å². The van der Waals surface area contributed by atoms with Crippen molar-refractivity contribution in [3.05, 3.63) is 0 Å². The lowest BCUT2D eigenvalue weighted by Crippen LogP contribution is -2.53. The molecule has 0 spiro atoms. The van der Waals surface area contributed by atoms with Gasteiger partial charge in [-0.15, -0.1) is 0 Å². The van der Waals surface area contributed by atoms with E-state index in [4.69, 9.17) is 4.43 Å². The highest BCUT2D eigenvalue weighted by Gasteiger charge is 2.29. The zero-order valence-electron chi connectivity index (χ0n) is 16.2. The van der Waals surface area contributed by atoms with Crippen LogP contribution in [0.3, 0.4) is 0 Å². The Hall–Kier alpha value is 0.0406. The molecule has 2 N–H and O–H groups in total. The van der Waals surface area contributed by atoms with E-state index in [9.17, 15) is 4.79 Å². The summed E-state index contributed by atoms with van der Waals surface area (Å²) in [5, 5.41) is 0. The van der Waals surface area contributed by atoms with E-state index < -0.39 is 24.8 Å². The molecule has 0 aromatic carbocycles. The molecule has 0 rings (SSSR count). The first-order chi connectivity index (χ1) is 9.70. The predicted molar refractivity (Wildman–Crippen MR) is 105 cm³/mol. The Morgan fingerprint density at radius 3 is 1.86 bits per heavy atom. The maximum Gasteiger partial charge on any atom is 0.309 e. The first-order valence-electron chi connectivity index (χ1n) is 8.45. The number of rotatable bonds is 10. The van der Waals surface area contributed by atoms with Crippen molar-refractivity contribution in [3.63, 3.8) is 0 Å². The maximum atomic E-state index is 12.4. The summed E-state index contributed by atoms with van der Waals surface area (Å²) in [7, 11) is -4.49. The fraction of sp³-hybridized carbons (Fsp3) is 0.933. The van der Waals surface area contributed by atoms with Crippen LogP contribution in [0.5, 0.6) is 0 Å². The summed E-state index contributed by atoms with van der Waals surface area (Å²) < 4.78 is 5.71. The summed E-state index contributed by atoms with van der Waals surface area (Å²) in [6.45, 7) is 20.9. The Labute approximate surface area is 141 Å². The van der Waals surface area contributed by atoms with Gasteiger partial charge in [0.05, 0.1) is 6.04 Å². The van der Waals surface area contributed by atoms with Gasteiger partial charge in [-0.05, 0) is 39.0 Å². The first-order valence-corrected chi connectivity index (χ1v) is 18.9. The molecule has 1 unspecified atom stereocenters. The molecule has 0 saturated carbocycles. The maximum absolute atomic E-state index is 12.4. The zero-order chi connectivity index (χ0) is 17.6. The number of nitrogens with one attached hydrogen (secondary N) is 2. The number of hydrogen-bond acceptors (Lipinski definition) is 4. The molecule has 0 heterocycles. The minimum Gasteiger partial charge on any atom is -0.519 e. The Morgan fingerprint density at radius 2 is 1.45 bits per heavy atom. The Kier molecular flexibility index (Phi) is 8.79. The van der Waals surface area contributed by atoms with E-state index in [1.807, 2.05) is 0 Å². The van der Waals surface area contributed by atoms with Crippen LogP contribution in [0.15, 0.2) is 0 Å². The Balaban J connectivity index is 4.40. The molecular weight excluding hydrogens is 324 g/mol. The molecule has 0 aliphatic rings. The lowest BCUT2D eigenvalue weighted by Gasteiger charge is -2.29. The average Bonchev–Trinajstić information content (AvgIpc) is 2.21. The van der Waals surface area contributed by atoms with Crippen LogP contribution >= 0.6 is 0 Å². The zero-order valence-corrected chi connectivity index (χ0v) is 19.2. The fourth-order valence-electron chi connectivity index (χ4n) is 2.08. The van der Waals surface area contributed by atoms with Crippen LogP contribution in [0.1, 0.15) is 19.3 Å². The van der Waals surface area contributed by atoms with Gasteiger partial charge in [0, 0.05) is 0 Å². The second kappa shape index (κ2) is 8.77. The summed E-state index contributed by atoms with van der Waals surface area (Å²) in [6, 6.07) is -0.134. The minimum absolute atomic E-state index is 0.0419. The number of unbranched alkanes of at least 4 members (excludes halogenated alkanes) is 1. The monoisotopic (exact) mass is 362 g/mol. The topological polar surface area (TPSA) is 50.4 Å². The van der Waals surface area contributed by atoms with E-state index in [-0.39, 0.29) is 12.0 Å². The molecule has 22 heavy (non-hydrogen) atoms. The van der Waals surface area contributed by atoms with E-state index in [0.717, 1.165) is 25.8 Å². The number of carbonyl (C=O) groups excluding carboxylic acids is 1. The van der Waals surface area contributed by atoms with Crippen LogP contribution in [0.4, 0.5) is 0 Å². The Morgan fingerprint density at radius 1 is 0.909 bits per heavy atom. The second-order valence-electron chi connectivity index (χ2n) is 9.15. The van der Waals surface area contributed by atoms with Gasteiger partial charge in [-0.3, -0.25) is 4.79 Å². The van der Waals surface area contributed by atoms with Crippen LogP contribution in [-0.2, 0) is 9.22 Å². The lowest BCUT2D eigenvalue weighted by molar-refractivity contribution is -0.137. The number of hydrogen-bond donors (Lipinski definition) is 2. The van der Waals surface area contributed by atoms with Crippen LogP contribution in [0.25, 0.3) is 0 Å². The summed E-state index contributed by atoms with van der Waals surface area (Å²) in [5.41, 5.74) is 0. The smallest absolute Gasteiger partial charge is 0.309 e. The quantitative estimate of drug-likeness (QED) is 0.459. The second-order valence-corrected chi connectivity index (χ2v) is 23.2. The Bertz CT molecular complexity index is 344. The molecule has 0 amide bonds. The van der Waals surface area contributed by atoms with Crippen molar-refractivity contribution in [2.45, 2.75) is 84.2 Å². The molecule has 0 bridgehead atoms. The molecule has 0 aromatic heterocycles. The summed E-state index contributed by atoms with van der Waals surface area (Å²) in [6.07, 6.45) is 3.05. The molecule has 0 aliphatic heterocycles. The molecule has 0 saturated heterocycles. The summed E-state index contributed by atoms with van der Waals surface area (Å²) >= 11 is 0. The predicted octanol–water partition coefficient (Wildman–Crippen LogP) is 3.75. The first kappa shape index (κ1) is 22.0. The van der Waals surface area contributed by atoms with Gasteiger partial charge >= 0.3 is 5.97 Å². The van der Waals surface area contributed by atoms with Crippen LogP contribution in [-0.4, -0.2) is 43.3 Å². The third-order valence-electron chi connectivity index (χ3n) is 2.87. The minimum atomic E-state index is -1.82. The standard InChI is InChI=1S/C15H38N2O2Si3/c1-20(2,3)16-13-11-10-12-14(17-21(4,5)6)15(18)19-22(7,8)9/h14,16-17H,10-13H2,1-9H3. The SMILES string of the molecule is C[Si](C)(C)NCCCCC(N[Si](C)(C)C)C(=O)O[Si](C)(C)C. The normalized spacial score (nSPS) is 14.8. The van der Waals surface area contributed by atoms with E-state index in [2.05, 4.69) is 68.9 Å². The average molecular weight is 363 g/mol. The van der Waals surface area contributed by atoms with E-state index in [0.29, 0.717) is 0 Å². The van der Waals surface area contributed by atoms with Gasteiger partial charge in [0.25, 0.3) is 0 Å². The molecule has 0 radical (unpaired) electrons. The van der Waals surface area contributed by atoms with Gasteiger partial charge in [-0.25, -0.2) is 0 Å². The van der Waals surface area contributed by atoms with E-state index in [1.165, 1.54) is 0 Å². The van der Waals surface area contributed by atoms with Crippen molar-refractivity contribution < 1.29 is 9.22 Å². The van der Waals surface area contributed by atoms with Gasteiger partial charge in [-0.2, -0.15) is 0 Å². The third-order valence-corrected chi connectivity index (χ3v) is 6.21. The molecule has 0 aliphatic carbocycles. The van der Waals surface area contributed by atoms with E-state index >= 15 is 0 Å². The van der Waals surface area contributed by atoms with Crippen molar-refractivity contribution in [3.8, 4) is 0 Å². The van der Waals surface area contributed by atoms with E-state index in [1.54, 1.807) is 0 Å². The van der Waals surface area contributed by atoms with Crippen molar-refractivity contribution in [2.75, 3.05) is 6.54 Å². The molecular formula is C15H38N2O2Si3. The highest BCUT2D eigenvalue weighted by atomic mass is 28.4. The summed E-state index contributed by atoms with van der Waals surface area (Å²) in [5.74, 6) is -0.0419. The summed E-state index contributed by atoms with van der Waals surface area (Å²) in [4.78, 5) is 19.6. The molecule has 1 atom stereocenters. The van der Waals surface area contributed by atoms with Gasteiger partial charge in [-0.1, -0.05) is 45.7 Å². The largest absolute Gasteiger partial charge is 0.519 e. The molecule has 0 aromatic rings. The number of carbonyl (C=O) groups is 1. The lowest BCUT2D eigenvalue weighted by atomic mass is 10.1. The third kappa shape index (κ3) is 13.7. The van der Waals surface area contributed by atoms with Gasteiger partial charge in [0.1, 0.15) is 16.5 Å². The van der Waals surface area contributed by atoms with Crippen LogP contribution < -0.4 is 9.96 Å². The van der Waals surface area contributed by atoms with Crippen molar-refractivity contribution in [1.29, 1.82) is 0 Å². The molecule has 7 heteroatoms.